The van der Waals surface area contributed by atoms with E-state index in [1.807, 2.05) is 0 Å². The Morgan fingerprint density at radius 3 is 2.71 bits per heavy atom. The van der Waals surface area contributed by atoms with Gasteiger partial charge in [0.15, 0.2) is 0 Å². The molecule has 0 aliphatic carbocycles. The molecule has 3 rings (SSSR count). The smallest absolute Gasteiger partial charge is 0.129 e. The summed E-state index contributed by atoms with van der Waals surface area (Å²) in [6, 6.07) is 8.52. The van der Waals surface area contributed by atoms with E-state index >= 15 is 0 Å². The molecule has 0 spiro atoms. The summed E-state index contributed by atoms with van der Waals surface area (Å²) in [5.74, 6) is 1.13. The minimum absolute atomic E-state index is 1.08. The van der Waals surface area contributed by atoms with E-state index < -0.39 is 0 Å². The fourth-order valence-corrected chi connectivity index (χ4v) is 2.82. The van der Waals surface area contributed by atoms with Crippen LogP contribution in [0.3, 0.4) is 0 Å². The highest BCUT2D eigenvalue weighted by atomic mass is 79.9. The highest BCUT2D eigenvalue weighted by molar-refractivity contribution is 9.10. The summed E-state index contributed by atoms with van der Waals surface area (Å²) in [6.07, 6.45) is 2.58. The minimum Gasteiger partial charge on any atom is -0.357 e. The van der Waals surface area contributed by atoms with E-state index in [0.717, 1.165) is 28.9 Å². The number of nitrogens with zero attached hydrogens (tertiary/aromatic N) is 2. The summed E-state index contributed by atoms with van der Waals surface area (Å²) in [7, 11) is 0. The Morgan fingerprint density at radius 1 is 1.18 bits per heavy atom. The Kier molecular flexibility index (Phi) is 2.79. The Bertz CT molecular complexity index is 559. The molecule has 1 aliphatic rings. The van der Waals surface area contributed by atoms with Crippen LogP contribution in [-0.2, 0) is 0 Å². The molecule has 1 aliphatic heterocycles. The van der Waals surface area contributed by atoms with Gasteiger partial charge in [0.1, 0.15) is 5.82 Å². The molecule has 1 saturated heterocycles. The molecule has 2 nitrogen and oxygen atoms in total. The molecule has 2 aromatic rings. The maximum Gasteiger partial charge on any atom is 0.129 e. The number of fused-ring (bicyclic) bond motifs is 1. The molecule has 1 aromatic carbocycles. The lowest BCUT2D eigenvalue weighted by molar-refractivity contribution is 0.942. The third-order valence-electron chi connectivity index (χ3n) is 3.40. The third kappa shape index (κ3) is 2.04. The van der Waals surface area contributed by atoms with Crippen molar-refractivity contribution in [1.29, 1.82) is 0 Å². The monoisotopic (exact) mass is 290 g/mol. The molecule has 0 N–H and O–H groups in total. The Labute approximate surface area is 110 Å². The van der Waals surface area contributed by atoms with E-state index in [9.17, 15) is 0 Å². The zero-order chi connectivity index (χ0) is 11.8. The van der Waals surface area contributed by atoms with Gasteiger partial charge in [0, 0.05) is 22.9 Å². The fraction of sp³-hybridized carbons (Fsp3) is 0.357. The van der Waals surface area contributed by atoms with Gasteiger partial charge in [-0.3, -0.25) is 0 Å². The number of halogens is 1. The highest BCUT2D eigenvalue weighted by Crippen LogP contribution is 2.26. The maximum absolute atomic E-state index is 4.77. The fourth-order valence-electron chi connectivity index (χ4n) is 2.47. The highest BCUT2D eigenvalue weighted by Gasteiger charge is 2.14. The summed E-state index contributed by atoms with van der Waals surface area (Å²) in [5.41, 5.74) is 2.39. The molecule has 17 heavy (non-hydrogen) atoms. The molecule has 88 valence electrons. The summed E-state index contributed by atoms with van der Waals surface area (Å²) in [4.78, 5) is 7.16. The van der Waals surface area contributed by atoms with E-state index in [1.165, 1.54) is 23.8 Å². The first-order chi connectivity index (χ1) is 8.24. The molecule has 0 radical (unpaired) electrons. The van der Waals surface area contributed by atoms with E-state index in [2.05, 4.69) is 52.0 Å². The zero-order valence-electron chi connectivity index (χ0n) is 9.91. The van der Waals surface area contributed by atoms with Gasteiger partial charge in [-0.25, -0.2) is 4.98 Å². The lowest BCUT2D eigenvalue weighted by atomic mass is 10.1. The van der Waals surface area contributed by atoms with Crippen LogP contribution in [0.2, 0.25) is 0 Å². The summed E-state index contributed by atoms with van der Waals surface area (Å²) in [6.45, 7) is 4.45. The van der Waals surface area contributed by atoms with Gasteiger partial charge in [0.05, 0.1) is 5.52 Å². The predicted molar refractivity (Wildman–Crippen MR) is 75.6 cm³/mol. The van der Waals surface area contributed by atoms with Crippen LogP contribution in [0.1, 0.15) is 18.4 Å². The summed E-state index contributed by atoms with van der Waals surface area (Å²) in [5, 5.41) is 1.25. The molecule has 0 unspecified atom stereocenters. The largest absolute Gasteiger partial charge is 0.357 e. The van der Waals surface area contributed by atoms with Gasteiger partial charge in [-0.15, -0.1) is 0 Å². The number of rotatable bonds is 1. The second-order valence-corrected chi connectivity index (χ2v) is 5.57. The van der Waals surface area contributed by atoms with Crippen LogP contribution in [0.5, 0.6) is 0 Å². The van der Waals surface area contributed by atoms with Crippen molar-refractivity contribution in [2.75, 3.05) is 18.0 Å². The lowest BCUT2D eigenvalue weighted by Gasteiger charge is -2.17. The number of anilines is 1. The number of aromatic nitrogens is 1. The topological polar surface area (TPSA) is 16.1 Å². The number of hydrogen-bond acceptors (Lipinski definition) is 2. The molecule has 0 bridgehead atoms. The van der Waals surface area contributed by atoms with Crippen LogP contribution in [0, 0.1) is 6.92 Å². The average molecular weight is 291 g/mol. The van der Waals surface area contributed by atoms with Crippen LogP contribution in [0.25, 0.3) is 10.9 Å². The Morgan fingerprint density at radius 2 is 1.94 bits per heavy atom. The summed E-state index contributed by atoms with van der Waals surface area (Å²) >= 11 is 3.51. The van der Waals surface area contributed by atoms with Crippen molar-refractivity contribution in [1.82, 2.24) is 4.98 Å². The average Bonchev–Trinajstić information content (AvgIpc) is 2.81. The normalized spacial score (nSPS) is 15.8. The van der Waals surface area contributed by atoms with Gasteiger partial charge in [-0.05, 0) is 43.5 Å². The Hall–Kier alpha value is -1.09. The number of aryl methyl sites for hydroxylation is 1. The molecule has 0 saturated carbocycles. The van der Waals surface area contributed by atoms with Crippen LogP contribution in [0.15, 0.2) is 28.7 Å². The molecular weight excluding hydrogens is 276 g/mol. The molecule has 3 heteroatoms. The molecule has 0 amide bonds. The van der Waals surface area contributed by atoms with E-state index in [-0.39, 0.29) is 0 Å². The van der Waals surface area contributed by atoms with Crippen LogP contribution in [0.4, 0.5) is 5.82 Å². The van der Waals surface area contributed by atoms with Crippen molar-refractivity contribution < 1.29 is 0 Å². The molecule has 0 atom stereocenters. The van der Waals surface area contributed by atoms with Crippen LogP contribution >= 0.6 is 15.9 Å². The Balaban J connectivity index is 2.14. The first-order valence-electron chi connectivity index (χ1n) is 6.06. The molecule has 2 heterocycles. The second kappa shape index (κ2) is 4.30. The van der Waals surface area contributed by atoms with E-state index in [4.69, 9.17) is 4.98 Å². The predicted octanol–water partition coefficient (Wildman–Crippen LogP) is 3.91. The zero-order valence-corrected chi connectivity index (χ0v) is 11.5. The summed E-state index contributed by atoms with van der Waals surface area (Å²) < 4.78 is 1.09. The number of benzene rings is 1. The van der Waals surface area contributed by atoms with Crippen molar-refractivity contribution >= 4 is 32.7 Å². The minimum atomic E-state index is 1.08. The van der Waals surface area contributed by atoms with Crippen molar-refractivity contribution in [3.05, 3.63) is 34.3 Å². The number of pyridine rings is 1. The van der Waals surface area contributed by atoms with E-state index in [1.54, 1.807) is 0 Å². The van der Waals surface area contributed by atoms with Gasteiger partial charge in [0.2, 0.25) is 0 Å². The lowest BCUT2D eigenvalue weighted by Crippen LogP contribution is -2.19. The van der Waals surface area contributed by atoms with Crippen molar-refractivity contribution in [3.8, 4) is 0 Å². The standard InChI is InChI=1S/C14H15BrN2/c1-10-8-14(17-6-2-3-7-17)16-13-9-11(15)4-5-12(10)13/h4-5,8-9H,2-3,6-7H2,1H3. The number of hydrogen-bond donors (Lipinski definition) is 0. The van der Waals surface area contributed by atoms with E-state index in [0.29, 0.717) is 0 Å². The van der Waals surface area contributed by atoms with Gasteiger partial charge in [-0.2, -0.15) is 0 Å². The van der Waals surface area contributed by atoms with Crippen LogP contribution in [-0.4, -0.2) is 18.1 Å². The van der Waals surface area contributed by atoms with Crippen molar-refractivity contribution in [2.45, 2.75) is 19.8 Å². The maximum atomic E-state index is 4.77. The second-order valence-electron chi connectivity index (χ2n) is 4.65. The van der Waals surface area contributed by atoms with Gasteiger partial charge >= 0.3 is 0 Å². The molecular formula is C14H15BrN2. The van der Waals surface area contributed by atoms with Gasteiger partial charge in [0.25, 0.3) is 0 Å². The molecule has 1 fully saturated rings. The van der Waals surface area contributed by atoms with Crippen molar-refractivity contribution in [3.63, 3.8) is 0 Å². The van der Waals surface area contributed by atoms with Gasteiger partial charge in [-0.1, -0.05) is 22.0 Å². The van der Waals surface area contributed by atoms with Gasteiger partial charge < -0.3 is 4.90 Å². The third-order valence-corrected chi connectivity index (χ3v) is 3.89. The first-order valence-corrected chi connectivity index (χ1v) is 6.85. The van der Waals surface area contributed by atoms with Crippen molar-refractivity contribution in [2.24, 2.45) is 0 Å². The quantitative estimate of drug-likeness (QED) is 0.792. The molecule has 1 aromatic heterocycles. The first kappa shape index (κ1) is 11.0. The SMILES string of the molecule is Cc1cc(N2CCCC2)nc2cc(Br)ccc12. The van der Waals surface area contributed by atoms with Crippen LogP contribution < -0.4 is 4.90 Å².